The highest BCUT2D eigenvalue weighted by atomic mass is 16.2. The van der Waals surface area contributed by atoms with Crippen molar-refractivity contribution in [2.24, 2.45) is 0 Å². The lowest BCUT2D eigenvalue weighted by atomic mass is 10.1. The van der Waals surface area contributed by atoms with Gasteiger partial charge in [-0.1, -0.05) is 18.2 Å². The summed E-state index contributed by atoms with van der Waals surface area (Å²) < 4.78 is 0. The normalized spacial score (nSPS) is 20.9. The Labute approximate surface area is 94.2 Å². The summed E-state index contributed by atoms with van der Waals surface area (Å²) in [6.07, 6.45) is 0. The van der Waals surface area contributed by atoms with Gasteiger partial charge in [-0.05, 0) is 25.5 Å². The van der Waals surface area contributed by atoms with E-state index in [-0.39, 0.29) is 18.4 Å². The number of hydrogen-bond donors (Lipinski definition) is 1. The second kappa shape index (κ2) is 3.96. The lowest BCUT2D eigenvalue weighted by molar-refractivity contribution is -0.130. The van der Waals surface area contributed by atoms with Crippen molar-refractivity contribution in [1.82, 2.24) is 5.32 Å². The first-order valence-electron chi connectivity index (χ1n) is 5.26. The highest BCUT2D eigenvalue weighted by molar-refractivity contribution is 6.06. The molecule has 1 aliphatic rings. The summed E-state index contributed by atoms with van der Waals surface area (Å²) in [5, 5.41) is 2.62. The molecule has 1 saturated heterocycles. The Morgan fingerprint density at radius 1 is 1.31 bits per heavy atom. The Morgan fingerprint density at radius 2 is 2.00 bits per heavy atom. The number of benzene rings is 1. The van der Waals surface area contributed by atoms with Gasteiger partial charge >= 0.3 is 0 Å². The van der Waals surface area contributed by atoms with Gasteiger partial charge in [-0.2, -0.15) is 0 Å². The third kappa shape index (κ3) is 1.78. The Kier molecular flexibility index (Phi) is 2.64. The van der Waals surface area contributed by atoms with Gasteiger partial charge in [0.05, 0.1) is 0 Å². The van der Waals surface area contributed by atoms with Crippen molar-refractivity contribution >= 4 is 17.5 Å². The first kappa shape index (κ1) is 10.7. The second-order valence-corrected chi connectivity index (χ2v) is 4.00. The summed E-state index contributed by atoms with van der Waals surface area (Å²) in [5.74, 6) is -0.177. The first-order chi connectivity index (χ1) is 7.59. The molecule has 1 atom stereocenters. The molecule has 0 radical (unpaired) electrons. The molecule has 1 fully saturated rings. The zero-order chi connectivity index (χ0) is 11.7. The van der Waals surface area contributed by atoms with Crippen molar-refractivity contribution in [2.75, 3.05) is 11.4 Å². The standard InChI is InChI=1S/C12H14N2O2/c1-8-5-3-4-6-10(8)14-7-11(15)13-9(2)12(14)16/h3-6,9H,7H2,1-2H3,(H,13,15). The van der Waals surface area contributed by atoms with Crippen molar-refractivity contribution in [1.29, 1.82) is 0 Å². The molecule has 4 heteroatoms. The number of carbonyl (C=O) groups excluding carboxylic acids is 2. The summed E-state index contributed by atoms with van der Waals surface area (Å²) >= 11 is 0. The maximum atomic E-state index is 11.9. The topological polar surface area (TPSA) is 49.4 Å². The quantitative estimate of drug-likeness (QED) is 0.759. The molecule has 1 heterocycles. The van der Waals surface area contributed by atoms with Gasteiger partial charge in [-0.3, -0.25) is 9.59 Å². The van der Waals surface area contributed by atoms with Gasteiger partial charge in [0.25, 0.3) is 0 Å². The van der Waals surface area contributed by atoms with Crippen LogP contribution < -0.4 is 10.2 Å². The fraction of sp³-hybridized carbons (Fsp3) is 0.333. The van der Waals surface area contributed by atoms with Gasteiger partial charge < -0.3 is 10.2 Å². The minimum atomic E-state index is -0.444. The number of nitrogens with zero attached hydrogens (tertiary/aromatic N) is 1. The fourth-order valence-electron chi connectivity index (χ4n) is 1.87. The van der Waals surface area contributed by atoms with Crippen molar-refractivity contribution in [2.45, 2.75) is 19.9 Å². The molecular weight excluding hydrogens is 204 g/mol. The van der Waals surface area contributed by atoms with Crippen LogP contribution in [0, 0.1) is 6.92 Å². The molecule has 0 aliphatic carbocycles. The number of para-hydroxylation sites is 1. The molecule has 1 aromatic rings. The summed E-state index contributed by atoms with van der Waals surface area (Å²) in [7, 11) is 0. The van der Waals surface area contributed by atoms with Crippen molar-refractivity contribution in [3.05, 3.63) is 29.8 Å². The van der Waals surface area contributed by atoms with Crippen LogP contribution in [0.25, 0.3) is 0 Å². The summed E-state index contributed by atoms with van der Waals surface area (Å²) in [6.45, 7) is 3.73. The number of anilines is 1. The van der Waals surface area contributed by atoms with E-state index in [1.54, 1.807) is 11.8 Å². The van der Waals surface area contributed by atoms with Crippen LogP contribution in [0.5, 0.6) is 0 Å². The van der Waals surface area contributed by atoms with Gasteiger partial charge in [0, 0.05) is 5.69 Å². The number of nitrogens with one attached hydrogen (secondary N) is 1. The Morgan fingerprint density at radius 3 is 2.69 bits per heavy atom. The molecule has 16 heavy (non-hydrogen) atoms. The lowest BCUT2D eigenvalue weighted by Gasteiger charge is -2.31. The van der Waals surface area contributed by atoms with E-state index in [1.165, 1.54) is 0 Å². The summed E-state index contributed by atoms with van der Waals surface area (Å²) in [4.78, 5) is 24.9. The average Bonchev–Trinajstić information content (AvgIpc) is 2.24. The molecule has 1 N–H and O–H groups in total. The van der Waals surface area contributed by atoms with Gasteiger partial charge in [-0.15, -0.1) is 0 Å². The summed E-state index contributed by atoms with van der Waals surface area (Å²) in [5.41, 5.74) is 1.81. The molecule has 1 unspecified atom stereocenters. The predicted octanol–water partition coefficient (Wildman–Crippen LogP) is 0.846. The average molecular weight is 218 g/mol. The van der Waals surface area contributed by atoms with E-state index in [9.17, 15) is 9.59 Å². The van der Waals surface area contributed by atoms with Crippen LogP contribution >= 0.6 is 0 Å². The Balaban J connectivity index is 2.36. The van der Waals surface area contributed by atoms with Gasteiger partial charge in [-0.25, -0.2) is 0 Å². The zero-order valence-electron chi connectivity index (χ0n) is 9.36. The monoisotopic (exact) mass is 218 g/mol. The van der Waals surface area contributed by atoms with Gasteiger partial charge in [0.15, 0.2) is 0 Å². The van der Waals surface area contributed by atoms with Gasteiger partial charge in [0.2, 0.25) is 11.8 Å². The van der Waals surface area contributed by atoms with Gasteiger partial charge in [0.1, 0.15) is 12.6 Å². The number of piperazine rings is 1. The van der Waals surface area contributed by atoms with E-state index in [0.717, 1.165) is 11.3 Å². The first-order valence-corrected chi connectivity index (χ1v) is 5.26. The smallest absolute Gasteiger partial charge is 0.249 e. The van der Waals surface area contributed by atoms with Crippen molar-refractivity contribution < 1.29 is 9.59 Å². The molecule has 0 saturated carbocycles. The molecule has 1 aliphatic heterocycles. The van der Waals surface area contributed by atoms with Crippen molar-refractivity contribution in [3.8, 4) is 0 Å². The lowest BCUT2D eigenvalue weighted by Crippen LogP contribution is -2.57. The predicted molar refractivity (Wildman–Crippen MR) is 61.1 cm³/mol. The van der Waals surface area contributed by atoms with E-state index in [0.29, 0.717) is 0 Å². The second-order valence-electron chi connectivity index (χ2n) is 4.00. The number of amides is 2. The highest BCUT2D eigenvalue weighted by Gasteiger charge is 2.30. The molecular formula is C12H14N2O2. The molecule has 2 rings (SSSR count). The summed E-state index contributed by atoms with van der Waals surface area (Å²) in [6, 6.07) is 7.13. The zero-order valence-corrected chi connectivity index (χ0v) is 9.36. The molecule has 1 aromatic carbocycles. The highest BCUT2D eigenvalue weighted by Crippen LogP contribution is 2.21. The third-order valence-corrected chi connectivity index (χ3v) is 2.72. The maximum absolute atomic E-state index is 11.9. The van der Waals surface area contributed by atoms with Crippen molar-refractivity contribution in [3.63, 3.8) is 0 Å². The minimum Gasteiger partial charge on any atom is -0.343 e. The molecule has 2 amide bonds. The molecule has 0 aromatic heterocycles. The largest absolute Gasteiger partial charge is 0.343 e. The van der Waals surface area contributed by atoms with Crippen LogP contribution in [0.3, 0.4) is 0 Å². The van der Waals surface area contributed by atoms with Crippen LogP contribution in [-0.4, -0.2) is 24.4 Å². The number of hydrogen-bond acceptors (Lipinski definition) is 2. The van der Waals surface area contributed by atoms with E-state index in [2.05, 4.69) is 5.32 Å². The number of aryl methyl sites for hydroxylation is 1. The molecule has 4 nitrogen and oxygen atoms in total. The molecule has 0 spiro atoms. The Bertz CT molecular complexity index is 442. The van der Waals surface area contributed by atoms with Crippen LogP contribution in [0.2, 0.25) is 0 Å². The third-order valence-electron chi connectivity index (χ3n) is 2.72. The van der Waals surface area contributed by atoms with Crippen LogP contribution in [-0.2, 0) is 9.59 Å². The SMILES string of the molecule is Cc1ccccc1N1CC(=O)NC(C)C1=O. The molecule has 84 valence electrons. The number of carbonyl (C=O) groups is 2. The fourth-order valence-corrected chi connectivity index (χ4v) is 1.87. The van der Waals surface area contributed by atoms with E-state index >= 15 is 0 Å². The minimum absolute atomic E-state index is 0.0612. The van der Waals surface area contributed by atoms with E-state index < -0.39 is 6.04 Å². The van der Waals surface area contributed by atoms with Crippen LogP contribution in [0.15, 0.2) is 24.3 Å². The van der Waals surface area contributed by atoms with E-state index in [4.69, 9.17) is 0 Å². The van der Waals surface area contributed by atoms with Crippen LogP contribution in [0.4, 0.5) is 5.69 Å². The number of rotatable bonds is 1. The Hall–Kier alpha value is -1.84. The molecule has 0 bridgehead atoms. The van der Waals surface area contributed by atoms with Crippen LogP contribution in [0.1, 0.15) is 12.5 Å². The maximum Gasteiger partial charge on any atom is 0.249 e. The van der Waals surface area contributed by atoms with E-state index in [1.807, 2.05) is 31.2 Å².